The van der Waals surface area contributed by atoms with Gasteiger partial charge in [-0.25, -0.2) is 0 Å². The van der Waals surface area contributed by atoms with Crippen LogP contribution in [-0.4, -0.2) is 31.4 Å². The van der Waals surface area contributed by atoms with Crippen molar-refractivity contribution in [2.24, 2.45) is 4.99 Å². The second-order valence-electron chi connectivity index (χ2n) is 7.82. The molecule has 0 radical (unpaired) electrons. The zero-order chi connectivity index (χ0) is 20.9. The summed E-state index contributed by atoms with van der Waals surface area (Å²) in [5.74, 6) is 0.937. The molecule has 4 nitrogen and oxygen atoms in total. The molecule has 1 aromatic carbocycles. The molecule has 0 saturated heterocycles. The molecule has 1 aromatic rings. The molecule has 1 saturated carbocycles. The number of aryl methyl sites for hydroxylation is 1. The molecule has 0 aromatic heterocycles. The van der Waals surface area contributed by atoms with Gasteiger partial charge in [-0.1, -0.05) is 44.6 Å². The van der Waals surface area contributed by atoms with Crippen molar-refractivity contribution in [3.8, 4) is 5.75 Å². The highest BCUT2D eigenvalue weighted by atomic mass is 16.5. The average molecular weight is 398 g/mol. The lowest BCUT2D eigenvalue weighted by atomic mass is 9.92. The second kappa shape index (κ2) is 13.2. The maximum Gasteiger partial charge on any atom is 0.122 e. The van der Waals surface area contributed by atoms with E-state index in [-0.39, 0.29) is 0 Å². The normalized spacial score (nSPS) is 19.7. The van der Waals surface area contributed by atoms with E-state index in [2.05, 4.69) is 48.2 Å². The van der Waals surface area contributed by atoms with Gasteiger partial charge in [-0.3, -0.25) is 4.99 Å². The Morgan fingerprint density at radius 1 is 1.21 bits per heavy atom. The van der Waals surface area contributed by atoms with Gasteiger partial charge >= 0.3 is 0 Å². The maximum atomic E-state index is 6.37. The summed E-state index contributed by atoms with van der Waals surface area (Å²) in [5, 5.41) is 7.17. The van der Waals surface area contributed by atoms with Gasteiger partial charge in [0.15, 0.2) is 0 Å². The lowest BCUT2D eigenvalue weighted by Gasteiger charge is -2.30. The van der Waals surface area contributed by atoms with Gasteiger partial charge < -0.3 is 15.4 Å². The first kappa shape index (κ1) is 23.2. The lowest BCUT2D eigenvalue weighted by Crippen LogP contribution is -2.36. The fraction of sp³-hybridized carbons (Fsp3) is 0.560. The van der Waals surface area contributed by atoms with Gasteiger partial charge in [-0.2, -0.15) is 0 Å². The average Bonchev–Trinajstić information content (AvgIpc) is 2.72. The van der Waals surface area contributed by atoms with E-state index < -0.39 is 0 Å². The van der Waals surface area contributed by atoms with Gasteiger partial charge in [0.2, 0.25) is 0 Å². The molecule has 0 bridgehead atoms. The number of aliphatic imine (C=N–C) groups is 1. The number of allylic oxidation sites excluding steroid dienone is 2. The molecule has 29 heavy (non-hydrogen) atoms. The quantitative estimate of drug-likeness (QED) is 0.246. The van der Waals surface area contributed by atoms with Crippen LogP contribution < -0.4 is 15.4 Å². The minimum Gasteiger partial charge on any atom is -0.490 e. The van der Waals surface area contributed by atoms with Crippen LogP contribution in [0, 0.1) is 6.92 Å². The highest BCUT2D eigenvalue weighted by molar-refractivity contribution is 5.76. The van der Waals surface area contributed by atoms with E-state index in [0.29, 0.717) is 12.1 Å². The Labute approximate surface area is 177 Å². The fourth-order valence-corrected chi connectivity index (χ4v) is 3.84. The van der Waals surface area contributed by atoms with Crippen LogP contribution in [0.5, 0.6) is 5.75 Å². The third-order valence-electron chi connectivity index (χ3n) is 5.41. The van der Waals surface area contributed by atoms with Crippen molar-refractivity contribution in [2.45, 2.75) is 77.9 Å². The summed E-state index contributed by atoms with van der Waals surface area (Å²) in [6.45, 7) is 11.9. The molecular weight excluding hydrogens is 358 g/mol. The van der Waals surface area contributed by atoms with Crippen LogP contribution in [0.1, 0.15) is 64.4 Å². The van der Waals surface area contributed by atoms with Crippen LogP contribution in [0.3, 0.4) is 0 Å². The molecule has 1 aliphatic carbocycles. The number of nitrogens with one attached hydrogen (secondary N) is 2. The Kier molecular flexibility index (Phi) is 10.6. The number of unbranched alkanes of at least 4 members (excludes halogenated alkanes) is 2. The van der Waals surface area contributed by atoms with E-state index >= 15 is 0 Å². The molecule has 2 N–H and O–H groups in total. The molecule has 0 aliphatic heterocycles. The molecule has 0 unspecified atom stereocenters. The van der Waals surface area contributed by atoms with Crippen molar-refractivity contribution in [1.82, 2.24) is 5.32 Å². The highest BCUT2D eigenvalue weighted by Crippen LogP contribution is 2.35. The predicted octanol–water partition coefficient (Wildman–Crippen LogP) is 6.34. The van der Waals surface area contributed by atoms with E-state index in [0.717, 1.165) is 48.6 Å². The Balaban J connectivity index is 1.94. The van der Waals surface area contributed by atoms with Crippen molar-refractivity contribution in [3.63, 3.8) is 0 Å². The molecule has 0 amide bonds. The van der Waals surface area contributed by atoms with Crippen LogP contribution in [0.2, 0.25) is 0 Å². The fourth-order valence-electron chi connectivity index (χ4n) is 3.84. The molecule has 0 heterocycles. The van der Waals surface area contributed by atoms with E-state index in [4.69, 9.17) is 4.74 Å². The molecular formula is C25H39N3O. The SMILES string of the molecule is C=C/C=C\CNc1cc(OC2CCC(NCCCCC)CC2)cc(C)c1N=CC. The van der Waals surface area contributed by atoms with Crippen LogP contribution in [0.15, 0.2) is 41.9 Å². The first-order valence-corrected chi connectivity index (χ1v) is 11.2. The second-order valence-corrected chi connectivity index (χ2v) is 7.82. The minimum atomic E-state index is 0.303. The summed E-state index contributed by atoms with van der Waals surface area (Å²) in [4.78, 5) is 4.55. The zero-order valence-corrected chi connectivity index (χ0v) is 18.5. The monoisotopic (exact) mass is 397 g/mol. The minimum absolute atomic E-state index is 0.303. The number of hydrogen-bond donors (Lipinski definition) is 2. The number of anilines is 1. The summed E-state index contributed by atoms with van der Waals surface area (Å²) in [6.07, 6.45) is 16.4. The lowest BCUT2D eigenvalue weighted by molar-refractivity contribution is 0.139. The molecule has 4 heteroatoms. The van der Waals surface area contributed by atoms with Gasteiger partial charge in [0.1, 0.15) is 5.75 Å². The topological polar surface area (TPSA) is 45.6 Å². The van der Waals surface area contributed by atoms with Crippen molar-refractivity contribution in [2.75, 3.05) is 18.4 Å². The van der Waals surface area contributed by atoms with E-state index in [1.54, 1.807) is 6.08 Å². The van der Waals surface area contributed by atoms with Gasteiger partial charge in [-0.05, 0) is 64.1 Å². The van der Waals surface area contributed by atoms with Crippen LogP contribution >= 0.6 is 0 Å². The largest absolute Gasteiger partial charge is 0.490 e. The maximum absolute atomic E-state index is 6.37. The van der Waals surface area contributed by atoms with Gasteiger partial charge in [-0.15, -0.1) is 0 Å². The van der Waals surface area contributed by atoms with E-state index in [1.807, 2.05) is 25.3 Å². The predicted molar refractivity (Wildman–Crippen MR) is 127 cm³/mol. The Bertz CT molecular complexity index is 673. The number of rotatable bonds is 12. The van der Waals surface area contributed by atoms with Gasteiger partial charge in [0, 0.05) is 24.9 Å². The van der Waals surface area contributed by atoms with Crippen LogP contribution in [-0.2, 0) is 0 Å². The van der Waals surface area contributed by atoms with Crippen molar-refractivity contribution >= 4 is 17.6 Å². The summed E-state index contributed by atoms with van der Waals surface area (Å²) in [7, 11) is 0. The highest BCUT2D eigenvalue weighted by Gasteiger charge is 2.22. The van der Waals surface area contributed by atoms with Crippen molar-refractivity contribution in [1.29, 1.82) is 0 Å². The summed E-state index contributed by atoms with van der Waals surface area (Å²) >= 11 is 0. The van der Waals surface area contributed by atoms with Crippen molar-refractivity contribution < 1.29 is 4.74 Å². The summed E-state index contributed by atoms with van der Waals surface area (Å²) in [5.41, 5.74) is 3.12. The molecule has 160 valence electrons. The first-order chi connectivity index (χ1) is 14.2. The van der Waals surface area contributed by atoms with E-state index in [1.165, 1.54) is 32.1 Å². The Morgan fingerprint density at radius 3 is 2.69 bits per heavy atom. The number of benzene rings is 1. The number of nitrogens with zero attached hydrogens (tertiary/aromatic N) is 1. The Hall–Kier alpha value is -2.07. The third kappa shape index (κ3) is 8.06. The third-order valence-corrected chi connectivity index (χ3v) is 5.41. The standard InChI is InChI=1S/C25H39N3O/c1-5-8-10-16-27-21-12-14-22(15-13-21)29-23-18-20(4)25(26-7-3)24(19-23)28-17-11-9-6-2/h6-7,9,11,18-19,21-22,27-28H,2,5,8,10,12-17H2,1,3-4H3/b11-9-,26-7?. The van der Waals surface area contributed by atoms with Gasteiger partial charge in [0.05, 0.1) is 17.5 Å². The molecule has 0 spiro atoms. The molecule has 0 atom stereocenters. The van der Waals surface area contributed by atoms with Crippen LogP contribution in [0.4, 0.5) is 11.4 Å². The summed E-state index contributed by atoms with van der Waals surface area (Å²) in [6, 6.07) is 4.86. The molecule has 1 fully saturated rings. The first-order valence-electron chi connectivity index (χ1n) is 11.2. The van der Waals surface area contributed by atoms with E-state index in [9.17, 15) is 0 Å². The summed E-state index contributed by atoms with van der Waals surface area (Å²) < 4.78 is 6.37. The van der Waals surface area contributed by atoms with Crippen molar-refractivity contribution in [3.05, 3.63) is 42.5 Å². The molecule has 2 rings (SSSR count). The van der Waals surface area contributed by atoms with Gasteiger partial charge in [0.25, 0.3) is 0 Å². The van der Waals surface area contributed by atoms with Crippen LogP contribution in [0.25, 0.3) is 0 Å². The molecule has 1 aliphatic rings. The smallest absolute Gasteiger partial charge is 0.122 e. The zero-order valence-electron chi connectivity index (χ0n) is 18.5. The number of ether oxygens (including phenoxy) is 1. The number of hydrogen-bond acceptors (Lipinski definition) is 4. The Morgan fingerprint density at radius 2 is 2.00 bits per heavy atom.